The average molecular weight is 321 g/mol. The number of carbonyl (C=O) groups is 1. The topological polar surface area (TPSA) is 117 Å². The molecule has 0 unspecified atom stereocenters. The second-order valence-corrected chi connectivity index (χ2v) is 5.74. The average Bonchev–Trinajstić information content (AvgIpc) is 2.97. The monoisotopic (exact) mass is 321 g/mol. The number of hydrogen-bond donors (Lipinski definition) is 2. The van der Waals surface area contributed by atoms with E-state index < -0.39 is 5.91 Å². The summed E-state index contributed by atoms with van der Waals surface area (Å²) < 4.78 is 1.26. The van der Waals surface area contributed by atoms with E-state index in [4.69, 9.17) is 5.73 Å². The van der Waals surface area contributed by atoms with Crippen LogP contribution >= 0.6 is 0 Å². The first-order chi connectivity index (χ1) is 11.4. The Bertz CT molecular complexity index is 1050. The van der Waals surface area contributed by atoms with Crippen LogP contribution < -0.4 is 11.3 Å². The van der Waals surface area contributed by atoms with Gasteiger partial charge < -0.3 is 5.73 Å². The molecular formula is C17H15N5O2. The summed E-state index contributed by atoms with van der Waals surface area (Å²) in [5, 5.41) is 11.9. The summed E-state index contributed by atoms with van der Waals surface area (Å²) in [5.74, 6) is -0.650. The van der Waals surface area contributed by atoms with Crippen LogP contribution in [0.1, 0.15) is 41.3 Å². The number of nitriles is 1. The number of rotatable bonds is 3. The molecule has 3 aromatic rings. The first kappa shape index (κ1) is 15.5. The lowest BCUT2D eigenvalue weighted by atomic mass is 9.97. The Kier molecular flexibility index (Phi) is 3.66. The first-order valence-corrected chi connectivity index (χ1v) is 7.38. The summed E-state index contributed by atoms with van der Waals surface area (Å²) in [6, 6.07) is 8.65. The molecule has 0 aliphatic rings. The highest BCUT2D eigenvalue weighted by Gasteiger charge is 2.20. The fourth-order valence-electron chi connectivity index (χ4n) is 2.67. The van der Waals surface area contributed by atoms with Crippen molar-refractivity contribution in [3.05, 3.63) is 57.5 Å². The Morgan fingerprint density at radius 1 is 1.42 bits per heavy atom. The van der Waals surface area contributed by atoms with Crippen LogP contribution in [-0.2, 0) is 0 Å². The van der Waals surface area contributed by atoms with Gasteiger partial charge in [0.2, 0.25) is 5.91 Å². The maximum absolute atomic E-state index is 12.8. The number of nitrogens with two attached hydrogens (primary N) is 1. The highest BCUT2D eigenvalue weighted by Crippen LogP contribution is 2.26. The Morgan fingerprint density at radius 3 is 2.79 bits per heavy atom. The number of amides is 1. The molecule has 0 saturated heterocycles. The molecule has 2 heterocycles. The predicted molar refractivity (Wildman–Crippen MR) is 88.6 cm³/mol. The summed E-state index contributed by atoms with van der Waals surface area (Å²) in [4.78, 5) is 28.7. The smallest absolute Gasteiger partial charge is 0.276 e. The van der Waals surface area contributed by atoms with Crippen LogP contribution in [0.3, 0.4) is 0 Å². The van der Waals surface area contributed by atoms with E-state index in [9.17, 15) is 14.9 Å². The van der Waals surface area contributed by atoms with Crippen molar-refractivity contribution in [3.63, 3.8) is 0 Å². The van der Waals surface area contributed by atoms with E-state index in [1.54, 1.807) is 24.3 Å². The Morgan fingerprint density at radius 2 is 2.17 bits per heavy atom. The zero-order chi connectivity index (χ0) is 17.4. The third kappa shape index (κ3) is 2.34. The molecule has 0 spiro atoms. The second kappa shape index (κ2) is 5.66. The van der Waals surface area contributed by atoms with Crippen LogP contribution in [0.15, 0.2) is 35.3 Å². The van der Waals surface area contributed by atoms with Crippen molar-refractivity contribution in [1.82, 2.24) is 14.6 Å². The number of carbonyl (C=O) groups excluding carboxylic acids is 1. The van der Waals surface area contributed by atoms with Crippen LogP contribution in [0.4, 0.5) is 0 Å². The molecule has 0 fully saturated rings. The van der Waals surface area contributed by atoms with Crippen LogP contribution in [0.25, 0.3) is 16.9 Å². The van der Waals surface area contributed by atoms with E-state index >= 15 is 0 Å². The molecule has 3 rings (SSSR count). The van der Waals surface area contributed by atoms with Gasteiger partial charge in [-0.3, -0.25) is 14.7 Å². The summed E-state index contributed by atoms with van der Waals surface area (Å²) >= 11 is 0. The largest absolute Gasteiger partial charge is 0.366 e. The lowest BCUT2D eigenvalue weighted by Gasteiger charge is -2.12. The fourth-order valence-corrected chi connectivity index (χ4v) is 2.67. The van der Waals surface area contributed by atoms with Gasteiger partial charge in [-0.25, -0.2) is 9.50 Å². The lowest BCUT2D eigenvalue weighted by molar-refractivity contribution is 0.100. The highest BCUT2D eigenvalue weighted by atomic mass is 16.1. The first-order valence-electron chi connectivity index (χ1n) is 7.38. The molecule has 0 saturated carbocycles. The Hall–Kier alpha value is -3.40. The van der Waals surface area contributed by atoms with Crippen LogP contribution in [0.2, 0.25) is 0 Å². The normalized spacial score (nSPS) is 10.9. The van der Waals surface area contributed by atoms with Gasteiger partial charge in [-0.1, -0.05) is 26.0 Å². The van der Waals surface area contributed by atoms with E-state index in [2.05, 4.69) is 10.1 Å². The molecule has 0 bridgehead atoms. The van der Waals surface area contributed by atoms with Gasteiger partial charge in [0.1, 0.15) is 11.6 Å². The van der Waals surface area contributed by atoms with Crippen LogP contribution in [-0.4, -0.2) is 20.5 Å². The zero-order valence-corrected chi connectivity index (χ0v) is 13.2. The molecule has 24 heavy (non-hydrogen) atoms. The quantitative estimate of drug-likeness (QED) is 0.764. The third-order valence-electron chi connectivity index (χ3n) is 3.82. The van der Waals surface area contributed by atoms with Gasteiger partial charge in [0, 0.05) is 22.9 Å². The molecule has 3 N–H and O–H groups in total. The Balaban J connectivity index is 2.40. The minimum atomic E-state index is -0.555. The summed E-state index contributed by atoms with van der Waals surface area (Å²) in [6.07, 6.45) is 1.44. The molecule has 0 atom stereocenters. The summed E-state index contributed by atoms with van der Waals surface area (Å²) in [5.41, 5.74) is 7.49. The maximum atomic E-state index is 12.8. The number of nitrogens with one attached hydrogen (secondary N) is 1. The molecule has 0 radical (unpaired) electrons. The minimum absolute atomic E-state index is 0.0945. The van der Waals surface area contributed by atoms with Gasteiger partial charge in [-0.15, -0.1) is 0 Å². The highest BCUT2D eigenvalue weighted by molar-refractivity contribution is 5.94. The number of fused-ring (bicyclic) bond motifs is 1. The summed E-state index contributed by atoms with van der Waals surface area (Å²) in [7, 11) is 0. The molecule has 2 aromatic heterocycles. The second-order valence-electron chi connectivity index (χ2n) is 5.74. The number of H-pyrrole nitrogens is 1. The van der Waals surface area contributed by atoms with Crippen molar-refractivity contribution in [2.24, 2.45) is 5.73 Å². The number of nitrogens with zero attached hydrogens (tertiary/aromatic N) is 3. The molecule has 1 amide bonds. The number of aromatic nitrogens is 3. The SMILES string of the molecule is CC(C)c1c(-c2cccc(C(N)=O)c2)nc2c(C#N)c[nH]n2c1=O. The maximum Gasteiger partial charge on any atom is 0.276 e. The van der Waals surface area contributed by atoms with E-state index in [1.807, 2.05) is 19.9 Å². The number of aromatic amines is 1. The van der Waals surface area contributed by atoms with Crippen molar-refractivity contribution < 1.29 is 4.79 Å². The molecule has 0 aliphatic carbocycles. The van der Waals surface area contributed by atoms with Gasteiger partial charge in [-0.2, -0.15) is 5.26 Å². The minimum Gasteiger partial charge on any atom is -0.366 e. The van der Waals surface area contributed by atoms with E-state index in [0.29, 0.717) is 22.4 Å². The molecule has 0 aliphatic heterocycles. The Labute approximate surface area is 137 Å². The van der Waals surface area contributed by atoms with Crippen molar-refractivity contribution in [1.29, 1.82) is 5.26 Å². The zero-order valence-electron chi connectivity index (χ0n) is 13.2. The number of benzene rings is 1. The van der Waals surface area contributed by atoms with E-state index in [0.717, 1.165) is 0 Å². The van der Waals surface area contributed by atoms with Gasteiger partial charge >= 0.3 is 0 Å². The fraction of sp³-hybridized carbons (Fsp3) is 0.176. The third-order valence-corrected chi connectivity index (χ3v) is 3.82. The van der Waals surface area contributed by atoms with Crippen molar-refractivity contribution >= 4 is 11.6 Å². The molecule has 120 valence electrons. The lowest BCUT2D eigenvalue weighted by Crippen LogP contribution is -2.22. The number of primary amides is 1. The van der Waals surface area contributed by atoms with E-state index in [1.165, 1.54) is 10.7 Å². The van der Waals surface area contributed by atoms with Crippen molar-refractivity contribution in [2.45, 2.75) is 19.8 Å². The van der Waals surface area contributed by atoms with E-state index in [-0.39, 0.29) is 22.7 Å². The van der Waals surface area contributed by atoms with Gasteiger partial charge in [0.25, 0.3) is 5.56 Å². The van der Waals surface area contributed by atoms with Crippen molar-refractivity contribution in [3.8, 4) is 17.3 Å². The van der Waals surface area contributed by atoms with Crippen LogP contribution in [0.5, 0.6) is 0 Å². The molecule has 1 aromatic carbocycles. The number of hydrogen-bond acceptors (Lipinski definition) is 4. The van der Waals surface area contributed by atoms with Gasteiger partial charge in [-0.05, 0) is 18.1 Å². The molecule has 7 heteroatoms. The standard InChI is InChI=1S/C17H15N5O2/c1-9(2)13-14(10-4-3-5-11(6-10)15(19)23)21-16-12(7-18)8-20-22(16)17(13)24/h3-6,8-9,20H,1-2H3,(H2,19,23). The predicted octanol–water partition coefficient (Wildman–Crippen LogP) is 1.78. The van der Waals surface area contributed by atoms with Crippen molar-refractivity contribution in [2.75, 3.05) is 0 Å². The molecular weight excluding hydrogens is 306 g/mol. The molecule has 7 nitrogen and oxygen atoms in total. The van der Waals surface area contributed by atoms with Crippen LogP contribution in [0, 0.1) is 11.3 Å². The van der Waals surface area contributed by atoms with Gasteiger partial charge in [0.15, 0.2) is 5.65 Å². The van der Waals surface area contributed by atoms with Gasteiger partial charge in [0.05, 0.1) is 5.69 Å². The summed E-state index contributed by atoms with van der Waals surface area (Å²) in [6.45, 7) is 3.78.